The molecule has 0 amide bonds. The second-order valence-electron chi connectivity index (χ2n) is 8.13. The van der Waals surface area contributed by atoms with Crippen molar-refractivity contribution in [2.24, 2.45) is 28.9 Å². The van der Waals surface area contributed by atoms with E-state index in [1.54, 1.807) is 0 Å². The molecule has 4 heteroatoms. The minimum absolute atomic E-state index is 0.495. The van der Waals surface area contributed by atoms with E-state index in [4.69, 9.17) is 10.3 Å². The summed E-state index contributed by atoms with van der Waals surface area (Å²) in [5.74, 6) is 4.60. The quantitative estimate of drug-likeness (QED) is 0.783. The molecule has 4 fully saturated rings. The maximum absolute atomic E-state index is 5.51. The van der Waals surface area contributed by atoms with Gasteiger partial charge in [-0.1, -0.05) is 11.6 Å². The molecule has 4 bridgehead atoms. The predicted octanol–water partition coefficient (Wildman–Crippen LogP) is 3.51. The van der Waals surface area contributed by atoms with Crippen molar-refractivity contribution in [2.45, 2.75) is 64.2 Å². The molecular weight excluding hydrogens is 274 g/mol. The molecule has 0 spiro atoms. The molecule has 0 unspecified atom stereocenters. The van der Waals surface area contributed by atoms with Crippen LogP contribution in [-0.2, 0) is 6.42 Å². The zero-order valence-corrected chi connectivity index (χ0v) is 13.5. The summed E-state index contributed by atoms with van der Waals surface area (Å²) in [7, 11) is 0. The Bertz CT molecular complexity index is 475. The molecule has 1 aromatic rings. The molecule has 4 saturated carbocycles. The summed E-state index contributed by atoms with van der Waals surface area (Å²) in [4.78, 5) is 4.62. The average Bonchev–Trinajstić information content (AvgIpc) is 2.89. The molecular formula is C18H28N3O. The number of unbranched alkanes of at least 4 members (excludes halogenated alkanes) is 2. The highest BCUT2D eigenvalue weighted by molar-refractivity contribution is 5.06. The maximum atomic E-state index is 5.51. The Morgan fingerprint density at radius 3 is 2.41 bits per heavy atom. The summed E-state index contributed by atoms with van der Waals surface area (Å²) in [6.45, 7) is 0.759. The topological polar surface area (TPSA) is 64.9 Å². The Morgan fingerprint density at radius 2 is 1.77 bits per heavy atom. The van der Waals surface area contributed by atoms with Crippen molar-refractivity contribution < 1.29 is 4.52 Å². The third-order valence-electron chi connectivity index (χ3n) is 6.16. The van der Waals surface area contributed by atoms with Crippen molar-refractivity contribution in [1.82, 2.24) is 10.1 Å². The molecule has 0 aromatic carbocycles. The van der Waals surface area contributed by atoms with Gasteiger partial charge < -0.3 is 10.3 Å². The molecule has 4 aliphatic rings. The lowest BCUT2D eigenvalue weighted by molar-refractivity contribution is -0.0533. The van der Waals surface area contributed by atoms with E-state index in [9.17, 15) is 0 Å². The van der Waals surface area contributed by atoms with Crippen molar-refractivity contribution in [3.05, 3.63) is 18.1 Å². The molecule has 22 heavy (non-hydrogen) atoms. The molecule has 5 rings (SSSR count). The fourth-order valence-electron chi connectivity index (χ4n) is 5.78. The molecule has 0 atom stereocenters. The maximum Gasteiger partial charge on any atom is 0.230 e. The van der Waals surface area contributed by atoms with Gasteiger partial charge in [0.2, 0.25) is 5.89 Å². The molecule has 4 nitrogen and oxygen atoms in total. The number of hydrogen-bond donors (Lipinski definition) is 1. The normalized spacial score (nSPS) is 36.1. The Kier molecular flexibility index (Phi) is 3.97. The zero-order chi connectivity index (χ0) is 15.0. The standard InChI is InChI=1S/C18H28N3O/c19-5-3-1-2-4-17-20-16(21-22-17)12-18-9-13-6-14(10-18)8-15(7-13)11-18/h4,13-15H,1-3,5-12,19H2. The number of nitrogens with two attached hydrogens (primary N) is 1. The molecule has 1 radical (unpaired) electrons. The van der Waals surface area contributed by atoms with Crippen LogP contribution in [-0.4, -0.2) is 16.7 Å². The van der Waals surface area contributed by atoms with Gasteiger partial charge in [-0.15, -0.1) is 0 Å². The smallest absolute Gasteiger partial charge is 0.230 e. The first-order chi connectivity index (χ1) is 10.7. The van der Waals surface area contributed by atoms with E-state index >= 15 is 0 Å². The van der Waals surface area contributed by atoms with E-state index in [2.05, 4.69) is 16.6 Å². The first kappa shape index (κ1) is 14.7. The molecule has 0 aliphatic heterocycles. The first-order valence-electron chi connectivity index (χ1n) is 9.10. The molecule has 0 saturated heterocycles. The highest BCUT2D eigenvalue weighted by Gasteiger charge is 2.51. The van der Waals surface area contributed by atoms with E-state index in [0.29, 0.717) is 11.3 Å². The summed E-state index contributed by atoms with van der Waals surface area (Å²) in [5.41, 5.74) is 6.01. The lowest BCUT2D eigenvalue weighted by Gasteiger charge is -2.56. The third-order valence-corrected chi connectivity index (χ3v) is 6.16. The molecule has 1 heterocycles. The highest BCUT2D eigenvalue weighted by atomic mass is 16.5. The van der Waals surface area contributed by atoms with Crippen molar-refractivity contribution in [3.63, 3.8) is 0 Å². The second-order valence-corrected chi connectivity index (χ2v) is 8.13. The van der Waals surface area contributed by atoms with Gasteiger partial charge >= 0.3 is 0 Å². The van der Waals surface area contributed by atoms with Gasteiger partial charge in [-0.3, -0.25) is 0 Å². The lowest BCUT2D eigenvalue weighted by Crippen LogP contribution is -2.47. The van der Waals surface area contributed by atoms with Crippen LogP contribution in [0.4, 0.5) is 0 Å². The van der Waals surface area contributed by atoms with Crippen molar-refractivity contribution in [2.75, 3.05) is 6.54 Å². The van der Waals surface area contributed by atoms with Gasteiger partial charge in [0.15, 0.2) is 5.82 Å². The van der Waals surface area contributed by atoms with Gasteiger partial charge in [-0.05, 0) is 81.1 Å². The summed E-state index contributed by atoms with van der Waals surface area (Å²) in [5, 5.41) is 4.25. The Labute approximate surface area is 133 Å². The SMILES string of the molecule is NCCCC[CH]c1nc(CC23CC4CC(CC(C4)C2)C3)no1. The van der Waals surface area contributed by atoms with Gasteiger partial charge in [0.1, 0.15) is 0 Å². The lowest BCUT2D eigenvalue weighted by atomic mass is 9.49. The van der Waals surface area contributed by atoms with E-state index in [0.717, 1.165) is 55.8 Å². The number of hydrogen-bond acceptors (Lipinski definition) is 4. The molecule has 121 valence electrons. The Morgan fingerprint density at radius 1 is 1.09 bits per heavy atom. The first-order valence-corrected chi connectivity index (χ1v) is 9.10. The summed E-state index contributed by atoms with van der Waals surface area (Å²) in [6, 6.07) is 0. The van der Waals surface area contributed by atoms with Crippen molar-refractivity contribution in [1.29, 1.82) is 0 Å². The number of rotatable bonds is 7. The van der Waals surface area contributed by atoms with Crippen molar-refractivity contribution in [3.8, 4) is 0 Å². The Hall–Kier alpha value is -0.900. The van der Waals surface area contributed by atoms with E-state index in [-0.39, 0.29) is 0 Å². The van der Waals surface area contributed by atoms with Crippen LogP contribution in [0.2, 0.25) is 0 Å². The summed E-state index contributed by atoms with van der Waals surface area (Å²) >= 11 is 0. The monoisotopic (exact) mass is 302 g/mol. The third kappa shape index (κ3) is 2.94. The zero-order valence-electron chi connectivity index (χ0n) is 13.5. The van der Waals surface area contributed by atoms with Crippen LogP contribution in [0.25, 0.3) is 0 Å². The van der Waals surface area contributed by atoms with Crippen LogP contribution >= 0.6 is 0 Å². The van der Waals surface area contributed by atoms with Crippen LogP contribution < -0.4 is 5.73 Å². The van der Waals surface area contributed by atoms with E-state index < -0.39 is 0 Å². The van der Waals surface area contributed by atoms with Crippen LogP contribution in [0.3, 0.4) is 0 Å². The van der Waals surface area contributed by atoms with Gasteiger partial charge in [-0.2, -0.15) is 4.98 Å². The molecule has 1 aromatic heterocycles. The van der Waals surface area contributed by atoms with Crippen LogP contribution in [0.1, 0.15) is 69.5 Å². The number of aromatic nitrogens is 2. The van der Waals surface area contributed by atoms with Crippen LogP contribution in [0.15, 0.2) is 4.52 Å². The highest BCUT2D eigenvalue weighted by Crippen LogP contribution is 2.60. The fraction of sp³-hybridized carbons (Fsp3) is 0.833. The van der Waals surface area contributed by atoms with E-state index in [1.165, 1.54) is 38.5 Å². The second kappa shape index (κ2) is 5.95. The summed E-state index contributed by atoms with van der Waals surface area (Å²) in [6.07, 6.45) is 14.9. The largest absolute Gasteiger partial charge is 0.339 e. The minimum atomic E-state index is 0.495. The minimum Gasteiger partial charge on any atom is -0.339 e. The van der Waals surface area contributed by atoms with Crippen molar-refractivity contribution >= 4 is 0 Å². The van der Waals surface area contributed by atoms with Gasteiger partial charge in [0, 0.05) is 6.42 Å². The number of nitrogens with zero attached hydrogens (tertiary/aromatic N) is 2. The van der Waals surface area contributed by atoms with Crippen LogP contribution in [0, 0.1) is 29.6 Å². The average molecular weight is 302 g/mol. The summed E-state index contributed by atoms with van der Waals surface area (Å²) < 4.78 is 5.41. The van der Waals surface area contributed by atoms with Gasteiger partial charge in [0.05, 0.1) is 6.42 Å². The molecule has 4 aliphatic carbocycles. The van der Waals surface area contributed by atoms with Gasteiger partial charge in [0.25, 0.3) is 0 Å². The molecule has 2 N–H and O–H groups in total. The fourth-order valence-corrected chi connectivity index (χ4v) is 5.78. The van der Waals surface area contributed by atoms with E-state index in [1.807, 2.05) is 0 Å². The predicted molar refractivity (Wildman–Crippen MR) is 84.9 cm³/mol. The van der Waals surface area contributed by atoms with Crippen LogP contribution in [0.5, 0.6) is 0 Å². The Balaban J connectivity index is 1.36. The van der Waals surface area contributed by atoms with Gasteiger partial charge in [-0.25, -0.2) is 0 Å².